The van der Waals surface area contributed by atoms with E-state index in [9.17, 15) is 4.79 Å². The Bertz CT molecular complexity index is 132. The average Bonchev–Trinajstić information content (AvgIpc) is 2.07. The summed E-state index contributed by atoms with van der Waals surface area (Å²) >= 11 is 0. The van der Waals surface area contributed by atoms with Crippen LogP contribution >= 0.6 is 0 Å². The van der Waals surface area contributed by atoms with Crippen molar-refractivity contribution >= 4 is 5.97 Å². The first-order valence-electron chi connectivity index (χ1n) is 3.88. The molecule has 0 spiro atoms. The Morgan fingerprint density at radius 3 is 3.18 bits per heavy atom. The molecule has 4 nitrogen and oxygen atoms in total. The van der Waals surface area contributed by atoms with Gasteiger partial charge in [-0.15, -0.1) is 0 Å². The van der Waals surface area contributed by atoms with E-state index in [4.69, 9.17) is 4.74 Å². The van der Waals surface area contributed by atoms with Crippen molar-refractivity contribution in [3.8, 4) is 0 Å². The number of carbonyl (C=O) groups is 1. The summed E-state index contributed by atoms with van der Waals surface area (Å²) in [5.41, 5.74) is 0. The third-order valence-electron chi connectivity index (χ3n) is 1.53. The number of piperazine rings is 1. The van der Waals surface area contributed by atoms with E-state index in [0.717, 1.165) is 6.54 Å². The van der Waals surface area contributed by atoms with Gasteiger partial charge in [0, 0.05) is 19.6 Å². The maximum absolute atomic E-state index is 11.0. The van der Waals surface area contributed by atoms with E-state index in [1.54, 1.807) is 6.92 Å². The minimum absolute atomic E-state index is 0.209. The van der Waals surface area contributed by atoms with Crippen molar-refractivity contribution in [1.29, 1.82) is 0 Å². The molecule has 1 saturated heterocycles. The fraction of sp³-hybridized carbons (Fsp3) is 0.857. The van der Waals surface area contributed by atoms with Crippen LogP contribution in [-0.2, 0) is 9.53 Å². The van der Waals surface area contributed by atoms with E-state index in [1.807, 2.05) is 0 Å². The topological polar surface area (TPSA) is 52.4 Å². The lowest BCUT2D eigenvalue weighted by Gasteiger charge is -2.20. The van der Waals surface area contributed by atoms with Crippen LogP contribution in [-0.4, -0.2) is 38.3 Å². The summed E-state index contributed by atoms with van der Waals surface area (Å²) in [5, 5.41) is 7.19. The smallest absolute Gasteiger partial charge is 0.326 e. The van der Waals surface area contributed by atoms with E-state index in [2.05, 4.69) is 10.6 Å². The molecule has 1 atom stereocenters. The summed E-state index contributed by atoms with van der Waals surface area (Å²) in [5.74, 6) is -0.209. The third-order valence-corrected chi connectivity index (χ3v) is 1.53. The van der Waals surface area contributed by atoms with Gasteiger partial charge in [-0.25, -0.2) is 5.32 Å². The van der Waals surface area contributed by atoms with Crippen molar-refractivity contribution in [1.82, 2.24) is 10.6 Å². The number of ether oxygens (including phenoxy) is 1. The van der Waals surface area contributed by atoms with Gasteiger partial charge in [-0.3, -0.25) is 4.79 Å². The summed E-state index contributed by atoms with van der Waals surface area (Å²) < 4.78 is 4.81. The summed E-state index contributed by atoms with van der Waals surface area (Å²) in [6.07, 6.45) is 0. The quantitative estimate of drug-likeness (QED) is 0.530. The van der Waals surface area contributed by atoms with Gasteiger partial charge >= 0.3 is 5.97 Å². The zero-order chi connectivity index (χ0) is 8.10. The Labute approximate surface area is 66.3 Å². The lowest BCUT2D eigenvalue weighted by atomic mass is 10.2. The molecule has 1 aliphatic rings. The highest BCUT2D eigenvalue weighted by Crippen LogP contribution is 1.92. The van der Waals surface area contributed by atoms with Crippen molar-refractivity contribution in [3.05, 3.63) is 0 Å². The summed E-state index contributed by atoms with van der Waals surface area (Å²) in [7, 11) is 0. The highest BCUT2D eigenvalue weighted by atomic mass is 16.5. The van der Waals surface area contributed by atoms with Crippen LogP contribution in [0, 0.1) is 0 Å². The number of nitrogens with zero attached hydrogens (tertiary/aromatic N) is 1. The first-order valence-corrected chi connectivity index (χ1v) is 3.88. The second-order valence-electron chi connectivity index (χ2n) is 2.38. The van der Waals surface area contributed by atoms with E-state index in [0.29, 0.717) is 19.7 Å². The number of esters is 1. The van der Waals surface area contributed by atoms with E-state index >= 15 is 0 Å². The zero-order valence-electron chi connectivity index (χ0n) is 6.67. The minimum Gasteiger partial charge on any atom is -0.465 e. The highest BCUT2D eigenvalue weighted by Gasteiger charge is 2.22. The van der Waals surface area contributed by atoms with Gasteiger partial charge in [0.05, 0.1) is 6.61 Å². The number of hydrogen-bond donors (Lipinski definition) is 1. The maximum atomic E-state index is 11.0. The summed E-state index contributed by atoms with van der Waals surface area (Å²) in [4.78, 5) is 11.0. The van der Waals surface area contributed by atoms with Crippen LogP contribution in [0.2, 0.25) is 0 Å². The fourth-order valence-corrected chi connectivity index (χ4v) is 0.999. The van der Waals surface area contributed by atoms with Crippen LogP contribution in [0.15, 0.2) is 0 Å². The van der Waals surface area contributed by atoms with Gasteiger partial charge in [0.1, 0.15) is 6.04 Å². The normalized spacial score (nSPS) is 24.6. The molecular weight excluding hydrogens is 144 g/mol. The first-order chi connectivity index (χ1) is 5.34. The minimum atomic E-state index is -0.274. The third kappa shape index (κ3) is 2.48. The molecule has 1 rings (SSSR count). The SMILES string of the molecule is CCOC(=O)C1CNCC[N]1. The molecule has 0 bridgehead atoms. The van der Waals surface area contributed by atoms with Crippen molar-refractivity contribution < 1.29 is 9.53 Å². The standard InChI is InChI=1S/C7H13N2O2/c1-2-11-7(10)6-5-8-3-4-9-6/h6,8H,2-5H2,1H3. The molecule has 0 amide bonds. The van der Waals surface area contributed by atoms with Crippen LogP contribution in [0.1, 0.15) is 6.92 Å². The van der Waals surface area contributed by atoms with E-state index in [1.165, 1.54) is 0 Å². The van der Waals surface area contributed by atoms with E-state index in [-0.39, 0.29) is 12.0 Å². The number of nitrogens with one attached hydrogen (secondary N) is 1. The monoisotopic (exact) mass is 157 g/mol. The van der Waals surface area contributed by atoms with Crippen LogP contribution in [0.3, 0.4) is 0 Å². The summed E-state index contributed by atoms with van der Waals surface area (Å²) in [6.45, 7) is 4.44. The molecule has 1 heterocycles. The molecule has 4 heteroatoms. The predicted octanol–water partition coefficient (Wildman–Crippen LogP) is -0.874. The summed E-state index contributed by atoms with van der Waals surface area (Å²) in [6, 6.07) is -0.274. The van der Waals surface area contributed by atoms with E-state index < -0.39 is 0 Å². The highest BCUT2D eigenvalue weighted by molar-refractivity contribution is 5.76. The Kier molecular flexibility index (Phi) is 3.32. The Morgan fingerprint density at radius 2 is 2.64 bits per heavy atom. The predicted molar refractivity (Wildman–Crippen MR) is 40.3 cm³/mol. The largest absolute Gasteiger partial charge is 0.465 e. The Balaban J connectivity index is 2.27. The molecule has 0 aromatic heterocycles. The second kappa shape index (κ2) is 4.31. The van der Waals surface area contributed by atoms with Gasteiger partial charge < -0.3 is 10.1 Å². The van der Waals surface area contributed by atoms with Gasteiger partial charge in [-0.2, -0.15) is 0 Å². The molecule has 63 valence electrons. The van der Waals surface area contributed by atoms with Gasteiger partial charge in [0.15, 0.2) is 0 Å². The lowest BCUT2D eigenvalue weighted by Crippen LogP contribution is -2.48. The number of rotatable bonds is 2. The van der Waals surface area contributed by atoms with Crippen LogP contribution in [0.4, 0.5) is 0 Å². The molecule has 1 fully saturated rings. The maximum Gasteiger partial charge on any atom is 0.326 e. The molecule has 1 aliphatic heterocycles. The Hall–Kier alpha value is -0.610. The first kappa shape index (κ1) is 8.49. The van der Waals surface area contributed by atoms with Crippen LogP contribution in [0.5, 0.6) is 0 Å². The molecule has 11 heavy (non-hydrogen) atoms. The molecule has 0 aromatic carbocycles. The van der Waals surface area contributed by atoms with Crippen molar-refractivity contribution in [2.75, 3.05) is 26.2 Å². The number of carbonyl (C=O) groups excluding carboxylic acids is 1. The van der Waals surface area contributed by atoms with Crippen LogP contribution in [0.25, 0.3) is 0 Å². The lowest BCUT2D eigenvalue weighted by molar-refractivity contribution is -0.145. The Morgan fingerprint density at radius 1 is 1.82 bits per heavy atom. The van der Waals surface area contributed by atoms with Crippen molar-refractivity contribution in [3.63, 3.8) is 0 Å². The molecule has 0 saturated carbocycles. The zero-order valence-corrected chi connectivity index (χ0v) is 6.67. The second-order valence-corrected chi connectivity index (χ2v) is 2.38. The molecular formula is C7H13N2O2. The average molecular weight is 157 g/mol. The molecule has 1 radical (unpaired) electrons. The molecule has 1 unspecified atom stereocenters. The van der Waals surface area contributed by atoms with Gasteiger partial charge in [0.2, 0.25) is 0 Å². The fourth-order valence-electron chi connectivity index (χ4n) is 0.999. The molecule has 0 aromatic rings. The molecule has 0 aliphatic carbocycles. The van der Waals surface area contributed by atoms with Crippen LogP contribution < -0.4 is 10.6 Å². The van der Waals surface area contributed by atoms with Gasteiger partial charge in [-0.05, 0) is 6.92 Å². The van der Waals surface area contributed by atoms with Crippen molar-refractivity contribution in [2.45, 2.75) is 13.0 Å². The van der Waals surface area contributed by atoms with Gasteiger partial charge in [0.25, 0.3) is 0 Å². The number of hydrogen-bond acceptors (Lipinski definition) is 3. The van der Waals surface area contributed by atoms with Crippen molar-refractivity contribution in [2.24, 2.45) is 0 Å². The molecule has 1 N–H and O–H groups in total. The van der Waals surface area contributed by atoms with Gasteiger partial charge in [-0.1, -0.05) is 0 Å².